The zero-order valence-corrected chi connectivity index (χ0v) is 62.9. The maximum absolute atomic E-state index is 13.0. The highest BCUT2D eigenvalue weighted by atomic mass is 16.7. The largest absolute Gasteiger partial charge is 0.545 e. The van der Waals surface area contributed by atoms with E-state index in [0.29, 0.717) is 17.4 Å². The van der Waals surface area contributed by atoms with Crippen molar-refractivity contribution in [2.24, 2.45) is 0 Å². The average Bonchev–Trinajstić information content (AvgIpc) is 3.38. The van der Waals surface area contributed by atoms with Gasteiger partial charge in [-0.2, -0.15) is 0 Å². The molecular weight excluding hydrogens is 1150 g/mol. The highest BCUT2D eigenvalue weighted by Crippen LogP contribution is 2.20. The summed E-state index contributed by atoms with van der Waals surface area (Å²) in [7, 11) is 5.95. The van der Waals surface area contributed by atoms with Gasteiger partial charge in [-0.1, -0.05) is 378 Å². The van der Waals surface area contributed by atoms with Crippen LogP contribution < -0.4 is 5.11 Å². The Kier molecular flexibility index (Phi) is 73.3. The Morgan fingerprint density at radius 3 is 0.860 bits per heavy atom. The molecule has 548 valence electrons. The fourth-order valence-electron chi connectivity index (χ4n) is 12.6. The Balaban J connectivity index is 3.95. The van der Waals surface area contributed by atoms with Crippen LogP contribution in [0, 0.1) is 0 Å². The Labute approximate surface area is 579 Å². The number of hydrogen-bond donors (Lipinski definition) is 0. The third-order valence-corrected chi connectivity index (χ3v) is 18.9. The Bertz CT molecular complexity index is 1620. The number of carboxylic acid groups (broad SMARTS) is 1. The van der Waals surface area contributed by atoms with E-state index >= 15 is 0 Å². The van der Waals surface area contributed by atoms with E-state index < -0.39 is 24.3 Å². The van der Waals surface area contributed by atoms with E-state index in [2.05, 4.69) is 50.3 Å². The van der Waals surface area contributed by atoms with Gasteiger partial charge in [-0.3, -0.25) is 9.59 Å². The van der Waals surface area contributed by atoms with Crippen molar-refractivity contribution in [1.29, 1.82) is 0 Å². The summed E-state index contributed by atoms with van der Waals surface area (Å²) in [5.74, 6) is -2.25. The molecule has 0 aromatic heterocycles. The van der Waals surface area contributed by atoms with Gasteiger partial charge in [0.1, 0.15) is 13.2 Å². The van der Waals surface area contributed by atoms with Crippen molar-refractivity contribution >= 4 is 17.9 Å². The van der Waals surface area contributed by atoms with E-state index in [-0.39, 0.29) is 32.2 Å². The van der Waals surface area contributed by atoms with Crippen molar-refractivity contribution in [3.63, 3.8) is 0 Å². The summed E-state index contributed by atoms with van der Waals surface area (Å²) in [6.45, 7) is 4.82. The highest BCUT2D eigenvalue weighted by molar-refractivity contribution is 5.70. The lowest BCUT2D eigenvalue weighted by atomic mass is 10.0. The Morgan fingerprint density at radius 1 is 0.323 bits per heavy atom. The van der Waals surface area contributed by atoms with Crippen LogP contribution in [0.5, 0.6) is 0 Å². The molecule has 0 saturated carbocycles. The first-order valence-corrected chi connectivity index (χ1v) is 41.1. The number of likely N-dealkylation sites (N-methyl/N-ethyl adjacent to an activating group) is 1. The van der Waals surface area contributed by atoms with E-state index in [4.69, 9.17) is 18.9 Å². The second-order valence-electron chi connectivity index (χ2n) is 29.4. The SMILES string of the molecule is CCCCCCC/C=C\C/C=C\CCCCCCCCCCCCCCCCCCCCCC(=O)OC(COC(=O)CCCCCCCCCCCCCCCCCCCCCCCCCCC/C=C\CCCCCCCCCC)COC(OCC[N+](C)(C)C)C(=O)[O-]. The molecule has 93 heavy (non-hydrogen) atoms. The number of esters is 2. The lowest BCUT2D eigenvalue weighted by Crippen LogP contribution is -2.44. The zero-order chi connectivity index (χ0) is 67.5. The minimum Gasteiger partial charge on any atom is -0.545 e. The van der Waals surface area contributed by atoms with Gasteiger partial charge in [0, 0.05) is 12.8 Å². The van der Waals surface area contributed by atoms with Gasteiger partial charge in [0.2, 0.25) is 0 Å². The third kappa shape index (κ3) is 76.7. The fourth-order valence-corrected chi connectivity index (χ4v) is 12.6. The first-order valence-electron chi connectivity index (χ1n) is 41.1. The molecule has 0 aromatic carbocycles. The minimum absolute atomic E-state index is 0.151. The van der Waals surface area contributed by atoms with Gasteiger partial charge in [0.15, 0.2) is 12.4 Å². The number of carboxylic acids is 1. The predicted octanol–water partition coefficient (Wildman–Crippen LogP) is 24.9. The van der Waals surface area contributed by atoms with Gasteiger partial charge in [-0.15, -0.1) is 0 Å². The average molecular weight is 1310 g/mol. The van der Waals surface area contributed by atoms with Crippen LogP contribution in [0.2, 0.25) is 0 Å². The van der Waals surface area contributed by atoms with Crippen LogP contribution in [-0.2, 0) is 33.3 Å². The lowest BCUT2D eigenvalue weighted by Gasteiger charge is -2.26. The van der Waals surface area contributed by atoms with E-state index in [9.17, 15) is 19.5 Å². The van der Waals surface area contributed by atoms with Crippen molar-refractivity contribution in [2.45, 2.75) is 437 Å². The normalized spacial score (nSPS) is 12.7. The number of carbonyl (C=O) groups excluding carboxylic acids is 3. The van der Waals surface area contributed by atoms with Crippen molar-refractivity contribution in [3.05, 3.63) is 36.5 Å². The van der Waals surface area contributed by atoms with Gasteiger partial charge in [-0.05, 0) is 70.6 Å². The molecule has 0 rings (SSSR count). The van der Waals surface area contributed by atoms with Gasteiger partial charge in [0.05, 0.1) is 40.3 Å². The molecule has 0 aliphatic heterocycles. The molecule has 0 aromatic rings. The summed E-state index contributed by atoms with van der Waals surface area (Å²) >= 11 is 0. The number of nitrogens with zero attached hydrogens (tertiary/aromatic N) is 1. The van der Waals surface area contributed by atoms with Crippen molar-refractivity contribution in [2.75, 3.05) is 47.5 Å². The molecule has 2 atom stereocenters. The molecule has 0 spiro atoms. The molecule has 0 amide bonds. The number of unbranched alkanes of at least 4 members (excludes halogenated alkanes) is 57. The van der Waals surface area contributed by atoms with Crippen LogP contribution in [0.15, 0.2) is 36.5 Å². The number of aliphatic carboxylic acids is 1. The number of hydrogen-bond acceptors (Lipinski definition) is 8. The molecule has 0 aliphatic rings. The van der Waals surface area contributed by atoms with E-state index in [0.717, 1.165) is 44.9 Å². The quantitative estimate of drug-likeness (QED) is 0.0195. The molecule has 0 aliphatic carbocycles. The first kappa shape index (κ1) is 90.5. The number of ether oxygens (including phenoxy) is 4. The zero-order valence-electron chi connectivity index (χ0n) is 62.9. The number of quaternary nitrogens is 1. The summed E-state index contributed by atoms with van der Waals surface area (Å²) in [4.78, 5) is 37.6. The van der Waals surface area contributed by atoms with Crippen molar-refractivity contribution in [3.8, 4) is 0 Å². The molecule has 0 N–H and O–H groups in total. The lowest BCUT2D eigenvalue weighted by molar-refractivity contribution is -0.870. The molecule has 0 bridgehead atoms. The van der Waals surface area contributed by atoms with Crippen molar-refractivity contribution < 1.29 is 42.9 Å². The number of allylic oxidation sites excluding steroid dienone is 6. The van der Waals surface area contributed by atoms with Crippen LogP contribution in [-0.4, -0.2) is 82.3 Å². The topological polar surface area (TPSA) is 111 Å². The summed E-state index contributed by atoms with van der Waals surface area (Å²) in [6, 6.07) is 0. The maximum Gasteiger partial charge on any atom is 0.306 e. The Hall–Kier alpha value is -2.49. The van der Waals surface area contributed by atoms with E-state index in [1.807, 2.05) is 21.1 Å². The van der Waals surface area contributed by atoms with Crippen LogP contribution in [0.1, 0.15) is 425 Å². The smallest absolute Gasteiger partial charge is 0.306 e. The molecule has 0 fully saturated rings. The monoisotopic (exact) mass is 1310 g/mol. The predicted molar refractivity (Wildman–Crippen MR) is 399 cm³/mol. The summed E-state index contributed by atoms with van der Waals surface area (Å²) < 4.78 is 22.9. The van der Waals surface area contributed by atoms with Gasteiger partial charge < -0.3 is 33.3 Å². The molecule has 2 unspecified atom stereocenters. The van der Waals surface area contributed by atoms with E-state index in [1.165, 1.54) is 353 Å². The standard InChI is InChI=1S/C84H159NO8/c1-6-8-10-12-14-16-18-20-22-24-26-28-30-32-34-36-38-39-40-41-42-43-45-46-48-50-52-54-56-58-60-62-64-66-68-70-72-74-81(86)91-78-80(79-92-84(83(88)89)90-77-76-85(3,4)5)93-82(87)75-73-71-69-67-65-63-61-59-57-55-53-51-49-47-44-37-35-33-31-29-27-25-23-21-19-17-15-13-11-9-7-2/h19,21,24-27,80,84H,6-18,20,22-23,28-79H2,1-5H3/b21-19-,26-24-,27-25-. The molecule has 0 saturated heterocycles. The number of rotatable bonds is 78. The molecular formula is C84H159NO8. The minimum atomic E-state index is -1.62. The highest BCUT2D eigenvalue weighted by Gasteiger charge is 2.22. The molecule has 0 heterocycles. The van der Waals surface area contributed by atoms with Crippen LogP contribution in [0.4, 0.5) is 0 Å². The van der Waals surface area contributed by atoms with Crippen LogP contribution in [0.25, 0.3) is 0 Å². The third-order valence-electron chi connectivity index (χ3n) is 18.9. The van der Waals surface area contributed by atoms with Crippen LogP contribution >= 0.6 is 0 Å². The molecule has 9 heteroatoms. The van der Waals surface area contributed by atoms with Gasteiger partial charge >= 0.3 is 11.9 Å². The van der Waals surface area contributed by atoms with Crippen molar-refractivity contribution in [1.82, 2.24) is 0 Å². The summed E-state index contributed by atoms with van der Waals surface area (Å²) in [5, 5.41) is 11.9. The van der Waals surface area contributed by atoms with Gasteiger partial charge in [-0.25, -0.2) is 0 Å². The first-order chi connectivity index (χ1) is 45.6. The summed E-state index contributed by atoms with van der Waals surface area (Å²) in [5.41, 5.74) is 0. The second kappa shape index (κ2) is 75.3. The summed E-state index contributed by atoms with van der Waals surface area (Å²) in [6.07, 6.45) is 94.3. The number of carbonyl (C=O) groups is 3. The fraction of sp³-hybridized carbons (Fsp3) is 0.893. The van der Waals surface area contributed by atoms with Gasteiger partial charge in [0.25, 0.3) is 0 Å². The molecule has 9 nitrogen and oxygen atoms in total. The van der Waals surface area contributed by atoms with E-state index in [1.54, 1.807) is 0 Å². The Morgan fingerprint density at radius 2 is 0.581 bits per heavy atom. The molecule has 0 radical (unpaired) electrons. The van der Waals surface area contributed by atoms with Crippen LogP contribution in [0.3, 0.4) is 0 Å². The second-order valence-corrected chi connectivity index (χ2v) is 29.4. The maximum atomic E-state index is 13.0.